The quantitative estimate of drug-likeness (QED) is 0.330. The first-order valence-electron chi connectivity index (χ1n) is 5.90. The zero-order chi connectivity index (χ0) is 13.5. The highest BCUT2D eigenvalue weighted by molar-refractivity contribution is 5.81. The molecule has 0 amide bonds. The summed E-state index contributed by atoms with van der Waals surface area (Å²) in [6.45, 7) is 5.68. The molecule has 0 aliphatic heterocycles. The molecule has 6 heteroatoms. The van der Waals surface area contributed by atoms with Crippen LogP contribution in [-0.2, 0) is 6.54 Å². The maximum atomic E-state index is 11.5. The third-order valence-electron chi connectivity index (χ3n) is 2.75. The SMILES string of the molecule is CC(C)N(CCn1ccccc1=O)C/C(N)=N/O. The molecule has 0 bridgehead atoms. The number of aromatic nitrogens is 1. The molecule has 0 atom stereocenters. The molecular formula is C12H20N4O2. The summed E-state index contributed by atoms with van der Waals surface area (Å²) in [4.78, 5) is 13.6. The average molecular weight is 252 g/mol. The van der Waals surface area contributed by atoms with Crippen LogP contribution in [0.1, 0.15) is 13.8 Å². The van der Waals surface area contributed by atoms with Gasteiger partial charge in [-0.25, -0.2) is 0 Å². The van der Waals surface area contributed by atoms with Gasteiger partial charge in [-0.15, -0.1) is 0 Å². The Morgan fingerprint density at radius 1 is 1.56 bits per heavy atom. The highest BCUT2D eigenvalue weighted by Crippen LogP contribution is 1.98. The second-order valence-corrected chi connectivity index (χ2v) is 4.39. The van der Waals surface area contributed by atoms with Gasteiger partial charge in [0.15, 0.2) is 5.84 Å². The lowest BCUT2D eigenvalue weighted by Gasteiger charge is -2.25. The molecule has 1 heterocycles. The van der Waals surface area contributed by atoms with Gasteiger partial charge in [0.2, 0.25) is 0 Å². The number of nitrogens with zero attached hydrogens (tertiary/aromatic N) is 3. The minimum Gasteiger partial charge on any atom is -0.409 e. The number of amidine groups is 1. The van der Waals surface area contributed by atoms with Crippen molar-refractivity contribution in [3.63, 3.8) is 0 Å². The molecule has 0 saturated carbocycles. The van der Waals surface area contributed by atoms with Crippen molar-refractivity contribution in [2.75, 3.05) is 13.1 Å². The minimum atomic E-state index is -0.0231. The van der Waals surface area contributed by atoms with Gasteiger partial charge in [-0.05, 0) is 19.9 Å². The molecule has 0 radical (unpaired) electrons. The predicted molar refractivity (Wildman–Crippen MR) is 70.8 cm³/mol. The normalized spacial score (nSPS) is 12.3. The van der Waals surface area contributed by atoms with Crippen molar-refractivity contribution in [2.24, 2.45) is 10.9 Å². The van der Waals surface area contributed by atoms with Crippen LogP contribution in [0.2, 0.25) is 0 Å². The van der Waals surface area contributed by atoms with Crippen LogP contribution in [0, 0.1) is 0 Å². The Balaban J connectivity index is 2.63. The molecule has 6 nitrogen and oxygen atoms in total. The van der Waals surface area contributed by atoms with E-state index < -0.39 is 0 Å². The molecule has 100 valence electrons. The molecule has 18 heavy (non-hydrogen) atoms. The van der Waals surface area contributed by atoms with E-state index in [1.807, 2.05) is 24.8 Å². The van der Waals surface area contributed by atoms with Gasteiger partial charge in [0.1, 0.15) is 0 Å². The van der Waals surface area contributed by atoms with E-state index in [1.165, 1.54) is 6.07 Å². The average Bonchev–Trinajstić information content (AvgIpc) is 2.35. The van der Waals surface area contributed by atoms with E-state index in [0.717, 1.165) is 0 Å². The molecule has 1 rings (SSSR count). The van der Waals surface area contributed by atoms with E-state index in [4.69, 9.17) is 10.9 Å². The fourth-order valence-corrected chi connectivity index (χ4v) is 1.64. The van der Waals surface area contributed by atoms with Crippen LogP contribution in [0.3, 0.4) is 0 Å². The van der Waals surface area contributed by atoms with Gasteiger partial charge in [0, 0.05) is 31.4 Å². The van der Waals surface area contributed by atoms with Gasteiger partial charge in [-0.1, -0.05) is 11.2 Å². The highest BCUT2D eigenvalue weighted by atomic mass is 16.4. The molecule has 0 fully saturated rings. The van der Waals surface area contributed by atoms with Crippen LogP contribution >= 0.6 is 0 Å². The second kappa shape index (κ2) is 6.80. The Morgan fingerprint density at radius 2 is 2.28 bits per heavy atom. The van der Waals surface area contributed by atoms with Gasteiger partial charge in [0.25, 0.3) is 5.56 Å². The maximum absolute atomic E-state index is 11.5. The first-order valence-corrected chi connectivity index (χ1v) is 5.90. The third kappa shape index (κ3) is 4.21. The van der Waals surface area contributed by atoms with E-state index in [2.05, 4.69) is 5.16 Å². The largest absolute Gasteiger partial charge is 0.409 e. The number of hydrogen-bond acceptors (Lipinski definition) is 4. The summed E-state index contributed by atoms with van der Waals surface area (Å²) in [5.74, 6) is 0.170. The van der Waals surface area contributed by atoms with Crippen LogP contribution in [0.25, 0.3) is 0 Å². The molecule has 0 aliphatic rings. The van der Waals surface area contributed by atoms with Gasteiger partial charge in [-0.3, -0.25) is 9.69 Å². The fourth-order valence-electron chi connectivity index (χ4n) is 1.64. The van der Waals surface area contributed by atoms with Crippen molar-refractivity contribution >= 4 is 5.84 Å². The summed E-state index contributed by atoms with van der Waals surface area (Å²) in [6.07, 6.45) is 1.75. The van der Waals surface area contributed by atoms with Crippen LogP contribution in [0.4, 0.5) is 0 Å². The van der Waals surface area contributed by atoms with Gasteiger partial charge >= 0.3 is 0 Å². The lowest BCUT2D eigenvalue weighted by atomic mass is 10.3. The van der Waals surface area contributed by atoms with Crippen molar-refractivity contribution in [3.8, 4) is 0 Å². The summed E-state index contributed by atoms with van der Waals surface area (Å²) in [5.41, 5.74) is 5.48. The number of nitrogens with two attached hydrogens (primary N) is 1. The van der Waals surface area contributed by atoms with E-state index in [-0.39, 0.29) is 17.4 Å². The Morgan fingerprint density at radius 3 is 2.83 bits per heavy atom. The van der Waals surface area contributed by atoms with Crippen molar-refractivity contribution in [1.29, 1.82) is 0 Å². The molecule has 0 aromatic carbocycles. The van der Waals surface area contributed by atoms with E-state index in [0.29, 0.717) is 19.6 Å². The van der Waals surface area contributed by atoms with Gasteiger partial charge in [-0.2, -0.15) is 0 Å². The number of hydrogen-bond donors (Lipinski definition) is 2. The fraction of sp³-hybridized carbons (Fsp3) is 0.500. The summed E-state index contributed by atoms with van der Waals surface area (Å²) < 4.78 is 1.64. The van der Waals surface area contributed by atoms with Crippen LogP contribution < -0.4 is 11.3 Å². The minimum absolute atomic E-state index is 0.0231. The first kappa shape index (κ1) is 14.2. The zero-order valence-electron chi connectivity index (χ0n) is 10.8. The standard InChI is InChI=1S/C12H20N4O2/c1-10(2)16(9-11(13)14-18)8-7-15-6-4-3-5-12(15)17/h3-6,10,18H,7-9H2,1-2H3,(H2,13,14). The van der Waals surface area contributed by atoms with Crippen LogP contribution in [-0.4, -0.2) is 39.6 Å². The van der Waals surface area contributed by atoms with Gasteiger partial charge < -0.3 is 15.5 Å². The van der Waals surface area contributed by atoms with Crippen molar-refractivity contribution in [2.45, 2.75) is 26.4 Å². The number of oxime groups is 1. The van der Waals surface area contributed by atoms with Crippen molar-refractivity contribution in [3.05, 3.63) is 34.7 Å². The molecule has 0 spiro atoms. The van der Waals surface area contributed by atoms with Crippen LogP contribution in [0.15, 0.2) is 34.3 Å². The van der Waals surface area contributed by atoms with Crippen LogP contribution in [0.5, 0.6) is 0 Å². The summed E-state index contributed by atoms with van der Waals surface area (Å²) >= 11 is 0. The Hall–Kier alpha value is -1.82. The molecule has 0 saturated heterocycles. The topological polar surface area (TPSA) is 83.9 Å². The third-order valence-corrected chi connectivity index (χ3v) is 2.75. The molecular weight excluding hydrogens is 232 g/mol. The molecule has 1 aromatic heterocycles. The number of pyridine rings is 1. The Bertz CT molecular complexity index is 453. The smallest absolute Gasteiger partial charge is 0.250 e. The van der Waals surface area contributed by atoms with Crippen molar-refractivity contribution < 1.29 is 5.21 Å². The monoisotopic (exact) mass is 252 g/mol. The van der Waals surface area contributed by atoms with E-state index >= 15 is 0 Å². The zero-order valence-corrected chi connectivity index (χ0v) is 10.8. The Labute approximate surface area is 106 Å². The number of rotatable bonds is 6. The summed E-state index contributed by atoms with van der Waals surface area (Å²) in [5, 5.41) is 11.5. The summed E-state index contributed by atoms with van der Waals surface area (Å²) in [6, 6.07) is 5.33. The highest BCUT2D eigenvalue weighted by Gasteiger charge is 2.11. The van der Waals surface area contributed by atoms with Crippen molar-refractivity contribution in [1.82, 2.24) is 9.47 Å². The summed E-state index contributed by atoms with van der Waals surface area (Å²) in [7, 11) is 0. The lowest BCUT2D eigenvalue weighted by Crippen LogP contribution is -2.41. The molecule has 3 N–H and O–H groups in total. The maximum Gasteiger partial charge on any atom is 0.250 e. The Kier molecular flexibility index (Phi) is 5.38. The molecule has 0 unspecified atom stereocenters. The molecule has 1 aromatic rings. The molecule has 0 aliphatic carbocycles. The second-order valence-electron chi connectivity index (χ2n) is 4.39. The van der Waals surface area contributed by atoms with Gasteiger partial charge in [0.05, 0.1) is 6.54 Å². The van der Waals surface area contributed by atoms with E-state index in [9.17, 15) is 4.79 Å². The predicted octanol–water partition coefficient (Wildman–Crippen LogP) is 0.305. The van der Waals surface area contributed by atoms with E-state index in [1.54, 1.807) is 16.8 Å². The lowest BCUT2D eigenvalue weighted by molar-refractivity contribution is 0.236. The first-order chi connectivity index (χ1) is 8.54.